The average Bonchev–Trinajstić information content (AvgIpc) is 3.37. The Morgan fingerprint density at radius 1 is 1.31 bits per heavy atom. The molecule has 0 spiro atoms. The highest BCUT2D eigenvalue weighted by atomic mass is 35.5. The zero-order valence-electron chi connectivity index (χ0n) is 22.1. The van der Waals surface area contributed by atoms with Crippen molar-refractivity contribution in [1.82, 2.24) is 25.3 Å². The largest absolute Gasteiger partial charge is 0.491 e. The van der Waals surface area contributed by atoms with Crippen molar-refractivity contribution in [2.75, 3.05) is 39.3 Å². The van der Waals surface area contributed by atoms with E-state index in [2.05, 4.69) is 25.2 Å². The Kier molecular flexibility index (Phi) is 9.18. The molecule has 13 heteroatoms. The maximum absolute atomic E-state index is 10.0. The van der Waals surface area contributed by atoms with Crippen molar-refractivity contribution in [1.29, 1.82) is 0 Å². The number of aliphatic hydroxyl groups is 1. The number of halogens is 2. The number of hydrogen-bond acceptors (Lipinski definition) is 11. The summed E-state index contributed by atoms with van der Waals surface area (Å²) in [6, 6.07) is 5.48. The van der Waals surface area contributed by atoms with Crippen molar-refractivity contribution in [2.24, 2.45) is 10.7 Å². The number of aliphatic imine (C=N–C) groups is 1. The molecule has 0 aliphatic carbocycles. The third kappa shape index (κ3) is 6.22. The number of ether oxygens (including phenoxy) is 2. The number of methoxy groups -OCH3 is 1. The highest BCUT2D eigenvalue weighted by Crippen LogP contribution is 2.35. The number of nitrogens with two attached hydrogens (primary N) is 1. The summed E-state index contributed by atoms with van der Waals surface area (Å²) < 4.78 is 11.0. The predicted octanol–water partition coefficient (Wildman–Crippen LogP) is 2.84. The second-order valence-corrected chi connectivity index (χ2v) is 9.59. The van der Waals surface area contributed by atoms with Gasteiger partial charge in [-0.3, -0.25) is 4.99 Å². The molecule has 4 N–H and O–H groups in total. The van der Waals surface area contributed by atoms with E-state index in [1.54, 1.807) is 38.5 Å². The van der Waals surface area contributed by atoms with E-state index in [9.17, 15) is 5.11 Å². The number of rotatable bonds is 10. The number of anilines is 1. The van der Waals surface area contributed by atoms with E-state index in [4.69, 9.17) is 48.4 Å². The number of aromatic nitrogens is 4. The maximum atomic E-state index is 10.0. The first kappa shape index (κ1) is 28.5. The van der Waals surface area contributed by atoms with Gasteiger partial charge in [0.25, 0.3) is 0 Å². The molecule has 0 fully saturated rings. The van der Waals surface area contributed by atoms with Crippen LogP contribution in [-0.2, 0) is 13.1 Å². The summed E-state index contributed by atoms with van der Waals surface area (Å²) in [6.07, 6.45) is 2.36. The van der Waals surface area contributed by atoms with Crippen molar-refractivity contribution in [3.05, 3.63) is 63.2 Å². The minimum atomic E-state index is -0.671. The lowest BCUT2D eigenvalue weighted by molar-refractivity contribution is 0.108. The standard InChI is InChI=1S/C26H30Cl2N8O3/c1-14-22(23(31-3)20(28)8-29)34-24(18-7-17(5-6-19(18)27)39-13-16(37)10-30-2)35-25(14)36-11-15-9-32-26(38-4)33-21(15)12-36/h5-9,16,30,37H,10-13,29H2,1-4H3/t16-/m1/s1. The van der Waals surface area contributed by atoms with Gasteiger partial charge >= 0.3 is 6.01 Å². The van der Waals surface area contributed by atoms with E-state index in [1.807, 2.05) is 6.92 Å². The molecule has 0 amide bonds. The minimum Gasteiger partial charge on any atom is -0.491 e. The lowest BCUT2D eigenvalue weighted by Crippen LogP contribution is -2.29. The van der Waals surface area contributed by atoms with Crippen molar-refractivity contribution in [3.63, 3.8) is 0 Å². The summed E-state index contributed by atoms with van der Waals surface area (Å²) in [5.41, 5.74) is 9.77. The molecule has 0 saturated heterocycles. The summed E-state index contributed by atoms with van der Waals surface area (Å²) >= 11 is 13.1. The van der Waals surface area contributed by atoms with Gasteiger partial charge in [0.2, 0.25) is 0 Å². The number of nitrogens with zero attached hydrogens (tertiary/aromatic N) is 6. The molecular formula is C26H30Cl2N8O3. The van der Waals surface area contributed by atoms with Crippen LogP contribution in [0.3, 0.4) is 0 Å². The lowest BCUT2D eigenvalue weighted by Gasteiger charge is -2.22. The second kappa shape index (κ2) is 12.6. The van der Waals surface area contributed by atoms with E-state index in [-0.39, 0.29) is 11.6 Å². The Morgan fingerprint density at radius 2 is 2.10 bits per heavy atom. The van der Waals surface area contributed by atoms with Crippen molar-refractivity contribution in [3.8, 4) is 23.1 Å². The summed E-state index contributed by atoms with van der Waals surface area (Å²) in [7, 11) is 4.91. The summed E-state index contributed by atoms with van der Waals surface area (Å²) in [4.78, 5) is 24.9. The number of fused-ring (bicyclic) bond motifs is 1. The second-order valence-electron chi connectivity index (χ2n) is 8.78. The monoisotopic (exact) mass is 572 g/mol. The van der Waals surface area contributed by atoms with Gasteiger partial charge in [0.15, 0.2) is 5.82 Å². The predicted molar refractivity (Wildman–Crippen MR) is 152 cm³/mol. The molecule has 1 aliphatic rings. The normalized spacial score (nSPS) is 14.4. The Hall–Kier alpha value is -3.51. The molecule has 4 rings (SSSR count). The fourth-order valence-corrected chi connectivity index (χ4v) is 4.58. The molecule has 1 aliphatic heterocycles. The SMILES string of the molecule is CN=C(C(Cl)=CN)c1nc(-c2cc(OC[C@H](O)CNC)ccc2Cl)nc(N2Cc3cnc(OC)nc3C2)c1C. The first-order chi connectivity index (χ1) is 18.8. The van der Waals surface area contributed by atoms with Gasteiger partial charge in [0, 0.05) is 49.2 Å². The van der Waals surface area contributed by atoms with Crippen molar-refractivity contribution >= 4 is 34.7 Å². The molecule has 11 nitrogen and oxygen atoms in total. The molecule has 3 heterocycles. The van der Waals surface area contributed by atoms with Gasteiger partial charge in [0.1, 0.15) is 30.0 Å². The third-order valence-corrected chi connectivity index (χ3v) is 6.75. The van der Waals surface area contributed by atoms with Crippen LogP contribution >= 0.6 is 23.2 Å². The topological polar surface area (TPSA) is 144 Å². The van der Waals surface area contributed by atoms with E-state index in [1.165, 1.54) is 13.3 Å². The number of benzene rings is 1. The minimum absolute atomic E-state index is 0.104. The molecule has 206 valence electrons. The van der Waals surface area contributed by atoms with Crippen molar-refractivity contribution in [2.45, 2.75) is 26.1 Å². The third-order valence-electron chi connectivity index (χ3n) is 6.12. The molecule has 2 aromatic heterocycles. The molecule has 0 radical (unpaired) electrons. The summed E-state index contributed by atoms with van der Waals surface area (Å²) in [6.45, 7) is 3.43. The van der Waals surface area contributed by atoms with Crippen LogP contribution in [0.25, 0.3) is 11.4 Å². The zero-order valence-corrected chi connectivity index (χ0v) is 23.6. The van der Waals surface area contributed by atoms with Gasteiger partial charge in [-0.25, -0.2) is 15.0 Å². The highest BCUT2D eigenvalue weighted by Gasteiger charge is 2.28. The molecular weight excluding hydrogens is 543 g/mol. The van der Waals surface area contributed by atoms with Gasteiger partial charge in [-0.15, -0.1) is 0 Å². The quantitative estimate of drug-likeness (QED) is 0.310. The highest BCUT2D eigenvalue weighted by molar-refractivity contribution is 6.46. The molecule has 39 heavy (non-hydrogen) atoms. The number of hydrogen-bond donors (Lipinski definition) is 3. The van der Waals surface area contributed by atoms with E-state index in [0.29, 0.717) is 65.0 Å². The van der Waals surface area contributed by atoms with Gasteiger partial charge in [0.05, 0.1) is 35.1 Å². The van der Waals surface area contributed by atoms with Crippen LogP contribution in [0.4, 0.5) is 5.82 Å². The Morgan fingerprint density at radius 3 is 2.79 bits per heavy atom. The smallest absolute Gasteiger partial charge is 0.316 e. The molecule has 3 aromatic rings. The van der Waals surface area contributed by atoms with E-state index < -0.39 is 6.10 Å². The Labute approximate surface area is 236 Å². The van der Waals surface area contributed by atoms with Crippen molar-refractivity contribution < 1.29 is 14.6 Å². The molecule has 0 unspecified atom stereocenters. The Bertz CT molecular complexity index is 1420. The van der Waals surface area contributed by atoms with Gasteiger partial charge < -0.3 is 30.5 Å². The number of allylic oxidation sites excluding steroid dienone is 1. The average molecular weight is 573 g/mol. The van der Waals surface area contributed by atoms with E-state index >= 15 is 0 Å². The number of nitrogens with one attached hydrogen (secondary N) is 1. The molecule has 1 atom stereocenters. The van der Waals surface area contributed by atoms with Gasteiger partial charge in [-0.05, 0) is 32.2 Å². The van der Waals surface area contributed by atoms with Crippen LogP contribution in [0.2, 0.25) is 5.02 Å². The maximum Gasteiger partial charge on any atom is 0.316 e. The molecule has 0 saturated carbocycles. The first-order valence-electron chi connectivity index (χ1n) is 12.1. The van der Waals surface area contributed by atoms with Crippen LogP contribution in [0, 0.1) is 6.92 Å². The van der Waals surface area contributed by atoms with Crippen LogP contribution < -0.4 is 25.4 Å². The number of aliphatic hydroxyl groups excluding tert-OH is 1. The van der Waals surface area contributed by atoms with Crippen LogP contribution in [0.1, 0.15) is 22.5 Å². The van der Waals surface area contributed by atoms with Crippen LogP contribution in [-0.4, -0.2) is 71.2 Å². The molecule has 0 bridgehead atoms. The van der Waals surface area contributed by atoms with Gasteiger partial charge in [-0.1, -0.05) is 23.2 Å². The Balaban J connectivity index is 1.80. The number of likely N-dealkylation sites (N-methyl/N-ethyl adjacent to an activating group) is 1. The zero-order chi connectivity index (χ0) is 28.1. The summed E-state index contributed by atoms with van der Waals surface area (Å²) in [5.74, 6) is 1.51. The molecule has 1 aromatic carbocycles. The fraction of sp³-hybridized carbons (Fsp3) is 0.346. The fourth-order valence-electron chi connectivity index (χ4n) is 4.20. The summed E-state index contributed by atoms with van der Waals surface area (Å²) in [5, 5.41) is 13.6. The lowest BCUT2D eigenvalue weighted by atomic mass is 10.1. The van der Waals surface area contributed by atoms with E-state index in [0.717, 1.165) is 16.8 Å². The van der Waals surface area contributed by atoms with Crippen LogP contribution in [0.15, 0.2) is 40.6 Å². The first-order valence-corrected chi connectivity index (χ1v) is 12.9. The van der Waals surface area contributed by atoms with Gasteiger partial charge in [-0.2, -0.15) is 4.98 Å². The van der Waals surface area contributed by atoms with Crippen LogP contribution in [0.5, 0.6) is 11.8 Å².